The average Bonchev–Trinajstić information content (AvgIpc) is 3.01. The van der Waals surface area contributed by atoms with Gasteiger partial charge in [0.15, 0.2) is 46.4 Å². The number of aliphatic hydroxyl groups excluding tert-OH is 2. The van der Waals surface area contributed by atoms with Crippen LogP contribution in [0.1, 0.15) is 31.1 Å². The number of hydrogen-bond acceptors (Lipinski definition) is 16. The lowest BCUT2D eigenvalue weighted by Gasteiger charge is -2.41. The third-order valence-corrected chi connectivity index (χ3v) is 7.16. The molecule has 45 heavy (non-hydrogen) atoms. The number of phenols is 5. The molecule has 1 saturated heterocycles. The summed E-state index contributed by atoms with van der Waals surface area (Å²) >= 11 is 0. The molecule has 238 valence electrons. The van der Waals surface area contributed by atoms with Gasteiger partial charge in [-0.25, -0.2) is 14.4 Å². The third-order valence-electron chi connectivity index (χ3n) is 7.16. The molecule has 2 bridgehead atoms. The molecule has 0 aromatic heterocycles. The van der Waals surface area contributed by atoms with Crippen molar-refractivity contribution in [1.29, 1.82) is 0 Å². The Morgan fingerprint density at radius 1 is 0.800 bits per heavy atom. The van der Waals surface area contributed by atoms with Crippen molar-refractivity contribution in [1.82, 2.24) is 0 Å². The fraction of sp³-hybridized carbons (Fsp3) is 0.276. The molecule has 0 amide bonds. The molecule has 2 heterocycles. The van der Waals surface area contributed by atoms with Crippen LogP contribution in [0.2, 0.25) is 0 Å². The van der Waals surface area contributed by atoms with Crippen LogP contribution in [-0.4, -0.2) is 105 Å². The van der Waals surface area contributed by atoms with E-state index in [1.54, 1.807) is 0 Å². The van der Waals surface area contributed by atoms with Crippen LogP contribution in [0, 0.1) is 0 Å². The molecule has 2 aliphatic rings. The number of cyclic esters (lactones) is 1. The number of rotatable bonds is 4. The van der Waals surface area contributed by atoms with Gasteiger partial charge in [-0.05, 0) is 36.4 Å². The summed E-state index contributed by atoms with van der Waals surface area (Å²) in [5, 5.41) is 72.0. The van der Waals surface area contributed by atoms with Crippen LogP contribution in [0.25, 0.3) is 11.1 Å². The van der Waals surface area contributed by atoms with Crippen LogP contribution in [0.3, 0.4) is 0 Å². The lowest BCUT2D eigenvalue weighted by atomic mass is 9.92. The van der Waals surface area contributed by atoms with Crippen LogP contribution in [0.4, 0.5) is 0 Å². The van der Waals surface area contributed by atoms with Crippen molar-refractivity contribution in [3.63, 3.8) is 0 Å². The predicted octanol–water partition coefficient (Wildman–Crippen LogP) is 0.898. The van der Waals surface area contributed by atoms with Gasteiger partial charge in [-0.2, -0.15) is 0 Å². The highest BCUT2D eigenvalue weighted by Crippen LogP contribution is 2.45. The summed E-state index contributed by atoms with van der Waals surface area (Å²) in [6.07, 6.45) is -9.34. The van der Waals surface area contributed by atoms with Gasteiger partial charge in [0.05, 0.1) is 30.9 Å². The van der Waals surface area contributed by atoms with Gasteiger partial charge in [-0.15, -0.1) is 0 Å². The van der Waals surface area contributed by atoms with Crippen molar-refractivity contribution >= 4 is 17.9 Å². The van der Waals surface area contributed by atoms with Crippen LogP contribution in [0.15, 0.2) is 36.4 Å². The molecule has 0 saturated carbocycles. The molecule has 7 N–H and O–H groups in total. The molecule has 5 rings (SSSR count). The van der Waals surface area contributed by atoms with E-state index >= 15 is 0 Å². The van der Waals surface area contributed by atoms with Crippen LogP contribution in [-0.2, 0) is 18.9 Å². The predicted molar refractivity (Wildman–Crippen MR) is 145 cm³/mol. The molecular weight excluding hydrogens is 604 g/mol. The van der Waals surface area contributed by atoms with Crippen molar-refractivity contribution in [3.05, 3.63) is 53.1 Å². The van der Waals surface area contributed by atoms with Gasteiger partial charge in [0.25, 0.3) is 0 Å². The molecule has 16 heteroatoms. The zero-order valence-corrected chi connectivity index (χ0v) is 23.4. The fourth-order valence-electron chi connectivity index (χ4n) is 4.91. The second-order valence-corrected chi connectivity index (χ2v) is 9.87. The summed E-state index contributed by atoms with van der Waals surface area (Å²) in [7, 11) is 2.38. The monoisotopic (exact) mass is 630 g/mol. The van der Waals surface area contributed by atoms with Gasteiger partial charge in [0.1, 0.15) is 24.9 Å². The van der Waals surface area contributed by atoms with E-state index in [-0.39, 0.29) is 33.8 Å². The number of benzene rings is 3. The van der Waals surface area contributed by atoms with E-state index in [4.69, 9.17) is 28.4 Å². The third kappa shape index (κ3) is 5.52. The normalized spacial score (nSPS) is 22.8. The van der Waals surface area contributed by atoms with E-state index in [2.05, 4.69) is 0 Å². The Kier molecular flexibility index (Phi) is 8.20. The zero-order chi connectivity index (χ0) is 32.7. The van der Waals surface area contributed by atoms with Gasteiger partial charge >= 0.3 is 17.9 Å². The molecule has 0 radical (unpaired) electrons. The highest BCUT2D eigenvalue weighted by molar-refractivity contribution is 6.06. The van der Waals surface area contributed by atoms with E-state index in [1.807, 2.05) is 0 Å². The Labute approximate surface area is 252 Å². The number of phenolic OH excluding ortho intramolecular Hbond substituents is 5. The number of aromatic hydroxyl groups is 5. The van der Waals surface area contributed by atoms with Crippen molar-refractivity contribution < 1.29 is 78.6 Å². The van der Waals surface area contributed by atoms with Crippen molar-refractivity contribution in [3.8, 4) is 51.4 Å². The molecular formula is C29H26O16. The topological polar surface area (TPSA) is 248 Å². The van der Waals surface area contributed by atoms with Gasteiger partial charge in [-0.3, -0.25) is 0 Å². The summed E-state index contributed by atoms with van der Waals surface area (Å²) in [6.45, 7) is -0.713. The molecule has 3 aromatic rings. The first-order valence-electron chi connectivity index (χ1n) is 13.0. The summed E-state index contributed by atoms with van der Waals surface area (Å²) < 4.78 is 32.2. The molecule has 16 nitrogen and oxygen atoms in total. The molecule has 0 spiro atoms. The average molecular weight is 631 g/mol. The minimum atomic E-state index is -2.01. The first kappa shape index (κ1) is 31.0. The Morgan fingerprint density at radius 3 is 2.13 bits per heavy atom. The van der Waals surface area contributed by atoms with Gasteiger partial charge < -0.3 is 64.2 Å². The SMILES string of the molecule is COc1cc2c(cc1O)-c1c(ccc(O)c1OC)C(=O)OC[C@H]1O[C@H](OC2=O)[C@H](OC(=O)c2cc(O)c(O)c(O)c2)[C@@H](O)[C@@H]1O. The highest BCUT2D eigenvalue weighted by atomic mass is 16.7. The maximum Gasteiger partial charge on any atom is 0.341 e. The van der Waals surface area contributed by atoms with Crippen molar-refractivity contribution in [2.75, 3.05) is 20.8 Å². The number of carbonyl (C=O) groups excluding carboxylic acids is 3. The number of fused-ring (bicyclic) bond motifs is 5. The maximum atomic E-state index is 13.8. The van der Waals surface area contributed by atoms with Crippen LogP contribution in [0.5, 0.6) is 40.2 Å². The fourth-order valence-corrected chi connectivity index (χ4v) is 4.91. The Balaban J connectivity index is 1.62. The smallest absolute Gasteiger partial charge is 0.341 e. The molecule has 5 atom stereocenters. The minimum Gasteiger partial charge on any atom is -0.504 e. The first-order valence-corrected chi connectivity index (χ1v) is 13.0. The number of carbonyl (C=O) groups is 3. The van der Waals surface area contributed by atoms with Gasteiger partial charge in [-0.1, -0.05) is 0 Å². The number of esters is 3. The maximum absolute atomic E-state index is 13.8. The Bertz CT molecular complexity index is 1660. The minimum absolute atomic E-state index is 0.186. The number of methoxy groups -OCH3 is 2. The zero-order valence-electron chi connectivity index (χ0n) is 23.4. The number of hydrogen-bond donors (Lipinski definition) is 7. The molecule has 2 aliphatic heterocycles. The lowest BCUT2D eigenvalue weighted by molar-refractivity contribution is -0.284. The Morgan fingerprint density at radius 2 is 1.49 bits per heavy atom. The van der Waals surface area contributed by atoms with E-state index in [9.17, 15) is 50.1 Å². The number of aliphatic hydroxyl groups is 2. The van der Waals surface area contributed by atoms with Crippen molar-refractivity contribution in [2.24, 2.45) is 0 Å². The van der Waals surface area contributed by atoms with E-state index in [0.29, 0.717) is 0 Å². The van der Waals surface area contributed by atoms with E-state index in [1.165, 1.54) is 20.3 Å². The second-order valence-electron chi connectivity index (χ2n) is 9.87. The van der Waals surface area contributed by atoms with Gasteiger partial charge in [0.2, 0.25) is 6.29 Å². The molecule has 1 fully saturated rings. The quantitative estimate of drug-likeness (QED) is 0.120. The summed E-state index contributed by atoms with van der Waals surface area (Å²) in [5.74, 6) is -7.68. The van der Waals surface area contributed by atoms with Crippen molar-refractivity contribution in [2.45, 2.75) is 30.7 Å². The first-order chi connectivity index (χ1) is 21.4. The summed E-state index contributed by atoms with van der Waals surface area (Å²) in [6, 6.07) is 5.88. The van der Waals surface area contributed by atoms with E-state index < -0.39 is 89.5 Å². The standard InChI is InChI=1S/C29H26O16/c1-40-18-8-13-12(7-15(18)31)20-11(3-4-14(30)24(20)41-2)27(38)42-9-19-22(35)23(36)25(29(43-19)45-28(13)39)44-26(37)10-5-16(32)21(34)17(33)6-10/h3-8,19,22-23,25,29-36H,9H2,1-2H3/t19-,22-,23+,25-,29-/m1/s1. The largest absolute Gasteiger partial charge is 0.504 e. The Hall–Kier alpha value is -5.45. The van der Waals surface area contributed by atoms with Crippen LogP contribution < -0.4 is 9.47 Å². The van der Waals surface area contributed by atoms with E-state index in [0.717, 1.165) is 30.3 Å². The lowest BCUT2D eigenvalue weighted by Crippen LogP contribution is -2.61. The molecule has 0 unspecified atom stereocenters. The summed E-state index contributed by atoms with van der Waals surface area (Å²) in [4.78, 5) is 40.0. The highest BCUT2D eigenvalue weighted by Gasteiger charge is 2.50. The molecule has 0 aliphatic carbocycles. The summed E-state index contributed by atoms with van der Waals surface area (Å²) in [5.41, 5.74) is -1.51. The van der Waals surface area contributed by atoms with Gasteiger partial charge in [0, 0.05) is 11.1 Å². The second kappa shape index (κ2) is 11.9. The van der Waals surface area contributed by atoms with Crippen LogP contribution >= 0.6 is 0 Å². The molecule has 3 aromatic carbocycles. The number of ether oxygens (including phenoxy) is 6.